The smallest absolute Gasteiger partial charge is 0.307 e. The summed E-state index contributed by atoms with van der Waals surface area (Å²) in [5, 5.41) is 0.982. The number of nitrogens with zero attached hydrogens (tertiary/aromatic N) is 3. The van der Waals surface area contributed by atoms with E-state index in [1.165, 1.54) is 37.9 Å². The zero-order valence-corrected chi connectivity index (χ0v) is 12.0. The van der Waals surface area contributed by atoms with Gasteiger partial charge in [-0.1, -0.05) is 0 Å². The van der Waals surface area contributed by atoms with Crippen molar-refractivity contribution in [3.63, 3.8) is 0 Å². The minimum Gasteiger partial charge on any atom is -0.469 e. The molecule has 2 heterocycles. The molecule has 0 N–H and O–H groups in total. The second-order valence-electron chi connectivity index (χ2n) is 5.33. The molecule has 1 saturated heterocycles. The average Bonchev–Trinajstić information content (AvgIpc) is 3.17. The van der Waals surface area contributed by atoms with E-state index in [2.05, 4.69) is 14.3 Å². The van der Waals surface area contributed by atoms with Gasteiger partial charge in [0, 0.05) is 30.0 Å². The second-order valence-corrected chi connectivity index (χ2v) is 6.06. The van der Waals surface area contributed by atoms with Gasteiger partial charge in [-0.3, -0.25) is 4.79 Å². The van der Waals surface area contributed by atoms with E-state index in [-0.39, 0.29) is 12.0 Å². The Morgan fingerprint density at radius 2 is 2.26 bits per heavy atom. The van der Waals surface area contributed by atoms with Crippen molar-refractivity contribution in [3.05, 3.63) is 5.82 Å². The van der Waals surface area contributed by atoms with E-state index in [9.17, 15) is 4.79 Å². The second kappa shape index (κ2) is 5.45. The van der Waals surface area contributed by atoms with Crippen molar-refractivity contribution in [1.29, 1.82) is 0 Å². The lowest BCUT2D eigenvalue weighted by Gasteiger charge is -2.34. The predicted octanol–water partition coefficient (Wildman–Crippen LogP) is 2.34. The molecule has 1 aromatic rings. The largest absolute Gasteiger partial charge is 0.469 e. The molecule has 6 heteroatoms. The van der Waals surface area contributed by atoms with Crippen LogP contribution in [-0.4, -0.2) is 35.0 Å². The Morgan fingerprint density at radius 1 is 1.42 bits per heavy atom. The van der Waals surface area contributed by atoms with Crippen LogP contribution >= 0.6 is 11.5 Å². The summed E-state index contributed by atoms with van der Waals surface area (Å²) in [6.07, 6.45) is 6.27. The van der Waals surface area contributed by atoms with E-state index in [1.54, 1.807) is 0 Å². The van der Waals surface area contributed by atoms with Crippen molar-refractivity contribution in [2.24, 2.45) is 0 Å². The molecule has 1 saturated carbocycles. The lowest BCUT2D eigenvalue weighted by molar-refractivity contribution is -0.141. The summed E-state index contributed by atoms with van der Waals surface area (Å²) in [5.41, 5.74) is 0. The van der Waals surface area contributed by atoms with E-state index in [4.69, 9.17) is 4.74 Å². The fourth-order valence-electron chi connectivity index (χ4n) is 2.59. The first kappa shape index (κ1) is 12.8. The Hall–Kier alpha value is -1.17. The minimum atomic E-state index is -0.135. The molecule has 3 rings (SSSR count). The number of anilines is 1. The molecule has 0 bridgehead atoms. The van der Waals surface area contributed by atoms with Gasteiger partial charge in [0.15, 0.2) is 0 Å². The van der Waals surface area contributed by atoms with Crippen molar-refractivity contribution in [2.45, 2.75) is 50.5 Å². The Bertz CT molecular complexity index is 458. The van der Waals surface area contributed by atoms with E-state index < -0.39 is 0 Å². The number of aromatic nitrogens is 2. The van der Waals surface area contributed by atoms with Gasteiger partial charge in [0.1, 0.15) is 5.82 Å². The summed E-state index contributed by atoms with van der Waals surface area (Å²) in [4.78, 5) is 18.4. The molecular weight excluding hydrogens is 262 g/mol. The lowest BCUT2D eigenvalue weighted by atomic mass is 10.00. The number of carbonyl (C=O) groups is 1. The average molecular weight is 281 g/mol. The third kappa shape index (κ3) is 2.88. The molecule has 0 amide bonds. The molecule has 2 aliphatic rings. The maximum Gasteiger partial charge on any atom is 0.307 e. The molecule has 19 heavy (non-hydrogen) atoms. The minimum absolute atomic E-state index is 0.135. The molecule has 0 aromatic carbocycles. The highest BCUT2D eigenvalue weighted by Gasteiger charge is 2.31. The normalized spacial score (nSPS) is 23.4. The molecule has 1 unspecified atom stereocenters. The summed E-state index contributed by atoms with van der Waals surface area (Å²) in [5.74, 6) is 1.46. The van der Waals surface area contributed by atoms with Gasteiger partial charge in [-0.15, -0.1) is 0 Å². The fraction of sp³-hybridized carbons (Fsp3) is 0.769. The maximum absolute atomic E-state index is 11.5. The van der Waals surface area contributed by atoms with Gasteiger partial charge in [-0.05, 0) is 32.1 Å². The highest BCUT2D eigenvalue weighted by molar-refractivity contribution is 7.09. The van der Waals surface area contributed by atoms with Crippen LogP contribution in [0, 0.1) is 0 Å². The summed E-state index contributed by atoms with van der Waals surface area (Å²) in [6, 6.07) is 0.223. The Balaban J connectivity index is 1.72. The number of carbonyl (C=O) groups excluding carboxylic acids is 1. The van der Waals surface area contributed by atoms with Crippen LogP contribution in [0.2, 0.25) is 0 Å². The number of ether oxygens (including phenoxy) is 1. The van der Waals surface area contributed by atoms with Gasteiger partial charge in [-0.2, -0.15) is 4.37 Å². The Labute approximate surface area is 117 Å². The molecule has 1 atom stereocenters. The van der Waals surface area contributed by atoms with Crippen LogP contribution in [-0.2, 0) is 9.53 Å². The first-order valence-electron chi connectivity index (χ1n) is 6.95. The number of hydrogen-bond acceptors (Lipinski definition) is 6. The van der Waals surface area contributed by atoms with Gasteiger partial charge in [0.2, 0.25) is 5.13 Å². The summed E-state index contributed by atoms with van der Waals surface area (Å²) < 4.78 is 9.25. The first-order chi connectivity index (χ1) is 9.28. The fourth-order valence-corrected chi connectivity index (χ4v) is 3.44. The monoisotopic (exact) mass is 281 g/mol. The maximum atomic E-state index is 11.5. The number of methoxy groups -OCH3 is 1. The van der Waals surface area contributed by atoms with Crippen LogP contribution in [0.25, 0.3) is 0 Å². The zero-order valence-electron chi connectivity index (χ0n) is 11.2. The summed E-state index contributed by atoms with van der Waals surface area (Å²) in [7, 11) is 1.45. The molecule has 1 aromatic heterocycles. The first-order valence-corrected chi connectivity index (χ1v) is 7.72. The van der Waals surface area contributed by atoms with E-state index in [1.807, 2.05) is 0 Å². The van der Waals surface area contributed by atoms with E-state index >= 15 is 0 Å². The van der Waals surface area contributed by atoms with Gasteiger partial charge in [0.25, 0.3) is 0 Å². The number of esters is 1. The standard InChI is InChI=1S/C13H19N3O2S/c1-18-11(17)8-10-4-2-3-7-16(10)13-14-12(15-19-13)9-5-6-9/h9-10H,2-8H2,1H3. The van der Waals surface area contributed by atoms with Gasteiger partial charge >= 0.3 is 5.97 Å². The van der Waals surface area contributed by atoms with Crippen molar-refractivity contribution < 1.29 is 9.53 Å². The van der Waals surface area contributed by atoms with Crippen LogP contribution in [0.5, 0.6) is 0 Å². The number of rotatable bonds is 4. The third-order valence-corrected chi connectivity index (χ3v) is 4.64. The molecule has 0 spiro atoms. The van der Waals surface area contributed by atoms with Gasteiger partial charge in [0.05, 0.1) is 13.5 Å². The molecule has 1 aliphatic carbocycles. The number of hydrogen-bond donors (Lipinski definition) is 0. The Morgan fingerprint density at radius 3 is 3.00 bits per heavy atom. The number of piperidine rings is 1. The van der Waals surface area contributed by atoms with Crippen molar-refractivity contribution in [3.8, 4) is 0 Å². The molecule has 1 aliphatic heterocycles. The molecule has 0 radical (unpaired) electrons. The van der Waals surface area contributed by atoms with Crippen LogP contribution in [0.3, 0.4) is 0 Å². The predicted molar refractivity (Wildman–Crippen MR) is 73.5 cm³/mol. The summed E-state index contributed by atoms with van der Waals surface area (Å²) in [6.45, 7) is 0.973. The Kier molecular flexibility index (Phi) is 3.68. The molecule has 104 valence electrons. The SMILES string of the molecule is COC(=O)CC1CCCCN1c1nc(C2CC2)ns1. The highest BCUT2D eigenvalue weighted by atomic mass is 32.1. The van der Waals surface area contributed by atoms with E-state index in [0.717, 1.165) is 30.3 Å². The van der Waals surface area contributed by atoms with Crippen LogP contribution in [0.15, 0.2) is 0 Å². The van der Waals surface area contributed by atoms with Gasteiger partial charge in [-0.25, -0.2) is 4.98 Å². The van der Waals surface area contributed by atoms with Crippen LogP contribution in [0.4, 0.5) is 5.13 Å². The van der Waals surface area contributed by atoms with Crippen LogP contribution in [0.1, 0.15) is 50.3 Å². The van der Waals surface area contributed by atoms with Gasteiger partial charge < -0.3 is 9.64 Å². The zero-order chi connectivity index (χ0) is 13.2. The third-order valence-electron chi connectivity index (χ3n) is 3.88. The van der Waals surface area contributed by atoms with E-state index in [0.29, 0.717) is 12.3 Å². The lowest BCUT2D eigenvalue weighted by Crippen LogP contribution is -2.41. The van der Waals surface area contributed by atoms with Crippen molar-refractivity contribution in [1.82, 2.24) is 9.36 Å². The topological polar surface area (TPSA) is 55.3 Å². The molecule has 2 fully saturated rings. The molecular formula is C13H19N3O2S. The molecule has 5 nitrogen and oxygen atoms in total. The van der Waals surface area contributed by atoms with Crippen molar-refractivity contribution in [2.75, 3.05) is 18.6 Å². The summed E-state index contributed by atoms with van der Waals surface area (Å²) >= 11 is 1.48. The van der Waals surface area contributed by atoms with Crippen LogP contribution < -0.4 is 4.90 Å². The highest BCUT2D eigenvalue weighted by Crippen LogP contribution is 2.40. The van der Waals surface area contributed by atoms with Crippen molar-refractivity contribution >= 4 is 22.6 Å². The quantitative estimate of drug-likeness (QED) is 0.793.